The van der Waals surface area contributed by atoms with Crippen LogP contribution in [-0.2, 0) is 20.0 Å². The summed E-state index contributed by atoms with van der Waals surface area (Å²) < 4.78 is 1.78. The van der Waals surface area contributed by atoms with Gasteiger partial charge in [-0.05, 0) is 48.6 Å². The molecule has 2 aromatic rings. The van der Waals surface area contributed by atoms with E-state index in [0.717, 1.165) is 24.8 Å². The monoisotopic (exact) mass is 318 g/mol. The minimum atomic E-state index is 0.0362. The smallest absolute Gasteiger partial charge is 0.318 e. The Morgan fingerprint density at radius 1 is 1.55 bits per heavy atom. The Morgan fingerprint density at radius 3 is 2.95 bits per heavy atom. The summed E-state index contributed by atoms with van der Waals surface area (Å²) in [7, 11) is 1.90. The summed E-state index contributed by atoms with van der Waals surface area (Å²) in [6.07, 6.45) is 6.88. The molecule has 0 unspecified atom stereocenters. The Kier molecular flexibility index (Phi) is 4.47. The number of thiophene rings is 1. The van der Waals surface area contributed by atoms with E-state index in [-0.39, 0.29) is 12.1 Å². The number of nitrogens with one attached hydrogen (secondary N) is 1. The highest BCUT2D eigenvalue weighted by atomic mass is 32.1. The van der Waals surface area contributed by atoms with Gasteiger partial charge < -0.3 is 10.2 Å². The molecule has 0 saturated heterocycles. The highest BCUT2D eigenvalue weighted by Gasteiger charge is 2.33. The van der Waals surface area contributed by atoms with E-state index < -0.39 is 0 Å². The Hall–Kier alpha value is -1.82. The molecule has 118 valence electrons. The number of hydrogen-bond acceptors (Lipinski definition) is 3. The maximum absolute atomic E-state index is 12.6. The predicted octanol–water partition coefficient (Wildman–Crippen LogP) is 2.79. The minimum absolute atomic E-state index is 0.0362. The van der Waals surface area contributed by atoms with Crippen molar-refractivity contribution in [1.82, 2.24) is 20.0 Å². The fourth-order valence-corrected chi connectivity index (χ4v) is 3.29. The molecular weight excluding hydrogens is 296 g/mol. The van der Waals surface area contributed by atoms with Gasteiger partial charge in [0.1, 0.15) is 0 Å². The molecule has 0 aromatic carbocycles. The van der Waals surface area contributed by atoms with E-state index in [1.807, 2.05) is 24.3 Å². The zero-order chi connectivity index (χ0) is 15.5. The van der Waals surface area contributed by atoms with E-state index in [4.69, 9.17) is 0 Å². The van der Waals surface area contributed by atoms with Crippen LogP contribution in [0.3, 0.4) is 0 Å². The van der Waals surface area contributed by atoms with Crippen molar-refractivity contribution in [2.45, 2.75) is 44.8 Å². The molecule has 6 heteroatoms. The van der Waals surface area contributed by atoms with Crippen molar-refractivity contribution in [2.75, 3.05) is 0 Å². The number of aromatic nitrogens is 2. The normalized spacial score (nSPS) is 15.5. The molecule has 1 saturated carbocycles. The molecule has 22 heavy (non-hydrogen) atoms. The molecule has 1 aliphatic rings. The third-order valence-corrected chi connectivity index (χ3v) is 4.58. The highest BCUT2D eigenvalue weighted by molar-refractivity contribution is 7.07. The van der Waals surface area contributed by atoms with Gasteiger partial charge >= 0.3 is 6.03 Å². The predicted molar refractivity (Wildman–Crippen MR) is 87.8 cm³/mol. The van der Waals surface area contributed by atoms with Gasteiger partial charge in [0.25, 0.3) is 0 Å². The first-order valence-electron chi connectivity index (χ1n) is 7.67. The summed E-state index contributed by atoms with van der Waals surface area (Å²) >= 11 is 1.69. The lowest BCUT2D eigenvalue weighted by Gasteiger charge is -2.24. The zero-order valence-corrected chi connectivity index (χ0v) is 13.8. The van der Waals surface area contributed by atoms with Crippen molar-refractivity contribution < 1.29 is 4.79 Å². The van der Waals surface area contributed by atoms with Crippen LogP contribution in [0.5, 0.6) is 0 Å². The van der Waals surface area contributed by atoms with Gasteiger partial charge in [0.2, 0.25) is 0 Å². The molecule has 0 radical (unpaired) electrons. The molecule has 0 spiro atoms. The van der Waals surface area contributed by atoms with Gasteiger partial charge in [-0.2, -0.15) is 16.4 Å². The SMILES string of the molecule is C[C@H](Cc1ccsc1)NC(=O)N(Cc1cnn(C)c1)C1CC1. The number of hydrogen-bond donors (Lipinski definition) is 1. The Morgan fingerprint density at radius 2 is 2.36 bits per heavy atom. The number of amides is 2. The van der Waals surface area contributed by atoms with Crippen LogP contribution in [0.4, 0.5) is 4.79 Å². The van der Waals surface area contributed by atoms with Crippen LogP contribution in [-0.4, -0.2) is 32.8 Å². The Bertz CT molecular complexity index is 618. The molecular formula is C16H22N4OS. The van der Waals surface area contributed by atoms with Crippen molar-refractivity contribution in [3.8, 4) is 0 Å². The molecule has 1 atom stereocenters. The first kappa shape index (κ1) is 15.1. The van der Waals surface area contributed by atoms with Gasteiger partial charge in [-0.15, -0.1) is 0 Å². The average Bonchev–Trinajstić information content (AvgIpc) is 3.02. The van der Waals surface area contributed by atoms with Crippen molar-refractivity contribution in [1.29, 1.82) is 0 Å². The van der Waals surface area contributed by atoms with Crippen LogP contribution in [0.2, 0.25) is 0 Å². The number of urea groups is 1. The van der Waals surface area contributed by atoms with Crippen LogP contribution in [0, 0.1) is 0 Å². The molecule has 5 nitrogen and oxygen atoms in total. The summed E-state index contributed by atoms with van der Waals surface area (Å²) in [5.74, 6) is 0. The molecule has 1 N–H and O–H groups in total. The summed E-state index contributed by atoms with van der Waals surface area (Å²) in [6.45, 7) is 2.69. The molecule has 2 amide bonds. The number of nitrogens with zero attached hydrogens (tertiary/aromatic N) is 3. The number of aryl methyl sites for hydroxylation is 1. The Labute approximate surface area is 134 Å². The summed E-state index contributed by atoms with van der Waals surface area (Å²) in [4.78, 5) is 14.5. The standard InChI is InChI=1S/C16H22N4OS/c1-12(7-13-5-6-22-11-13)18-16(21)20(15-3-4-15)10-14-8-17-19(2)9-14/h5-6,8-9,11-12,15H,3-4,7,10H2,1-2H3,(H,18,21)/t12-/m1/s1. The Balaban J connectivity index is 1.57. The van der Waals surface area contributed by atoms with E-state index in [1.165, 1.54) is 5.56 Å². The second-order valence-corrected chi connectivity index (χ2v) is 6.85. The van der Waals surface area contributed by atoms with E-state index in [1.54, 1.807) is 16.0 Å². The van der Waals surface area contributed by atoms with Crippen molar-refractivity contribution in [2.24, 2.45) is 7.05 Å². The fraction of sp³-hybridized carbons (Fsp3) is 0.500. The maximum Gasteiger partial charge on any atom is 0.318 e. The van der Waals surface area contributed by atoms with E-state index in [2.05, 4.69) is 34.2 Å². The quantitative estimate of drug-likeness (QED) is 0.890. The summed E-state index contributed by atoms with van der Waals surface area (Å²) in [5, 5.41) is 11.5. The van der Waals surface area contributed by atoms with Crippen LogP contribution in [0.1, 0.15) is 30.9 Å². The topological polar surface area (TPSA) is 50.2 Å². The lowest BCUT2D eigenvalue weighted by molar-refractivity contribution is 0.188. The summed E-state index contributed by atoms with van der Waals surface area (Å²) in [5.41, 5.74) is 2.36. The van der Waals surface area contributed by atoms with E-state index in [0.29, 0.717) is 12.6 Å². The highest BCUT2D eigenvalue weighted by Crippen LogP contribution is 2.28. The zero-order valence-electron chi connectivity index (χ0n) is 13.0. The van der Waals surface area contributed by atoms with Gasteiger partial charge in [0, 0.05) is 30.9 Å². The molecule has 2 aromatic heterocycles. The molecule has 1 fully saturated rings. The van der Waals surface area contributed by atoms with E-state index >= 15 is 0 Å². The average molecular weight is 318 g/mol. The first-order valence-corrected chi connectivity index (χ1v) is 8.62. The van der Waals surface area contributed by atoms with Gasteiger partial charge in [-0.25, -0.2) is 4.79 Å². The largest absolute Gasteiger partial charge is 0.335 e. The fourth-order valence-electron chi connectivity index (χ4n) is 2.61. The van der Waals surface area contributed by atoms with Gasteiger partial charge in [-0.3, -0.25) is 4.68 Å². The maximum atomic E-state index is 12.6. The lowest BCUT2D eigenvalue weighted by Crippen LogP contribution is -2.45. The second-order valence-electron chi connectivity index (χ2n) is 6.07. The third kappa shape index (κ3) is 3.88. The summed E-state index contributed by atoms with van der Waals surface area (Å²) in [6, 6.07) is 2.67. The van der Waals surface area contributed by atoms with Crippen LogP contribution in [0.25, 0.3) is 0 Å². The van der Waals surface area contributed by atoms with Crippen molar-refractivity contribution in [3.63, 3.8) is 0 Å². The van der Waals surface area contributed by atoms with Gasteiger partial charge in [-0.1, -0.05) is 0 Å². The molecule has 0 aliphatic heterocycles. The van der Waals surface area contributed by atoms with Gasteiger partial charge in [0.15, 0.2) is 0 Å². The number of carbonyl (C=O) groups is 1. The molecule has 1 aliphatic carbocycles. The minimum Gasteiger partial charge on any atom is -0.335 e. The van der Waals surface area contributed by atoms with E-state index in [9.17, 15) is 4.79 Å². The van der Waals surface area contributed by atoms with Crippen molar-refractivity contribution >= 4 is 17.4 Å². The third-order valence-electron chi connectivity index (χ3n) is 3.85. The van der Waals surface area contributed by atoms with Gasteiger partial charge in [0.05, 0.1) is 12.7 Å². The first-order chi connectivity index (χ1) is 10.6. The van der Waals surface area contributed by atoms with Crippen LogP contribution in [0.15, 0.2) is 29.2 Å². The van der Waals surface area contributed by atoms with Crippen LogP contribution < -0.4 is 5.32 Å². The van der Waals surface area contributed by atoms with Crippen molar-refractivity contribution in [3.05, 3.63) is 40.3 Å². The van der Waals surface area contributed by atoms with Crippen LogP contribution >= 0.6 is 11.3 Å². The molecule has 2 heterocycles. The number of carbonyl (C=O) groups excluding carboxylic acids is 1. The molecule has 3 rings (SSSR count). The number of rotatable bonds is 6. The second kappa shape index (κ2) is 6.52. The lowest BCUT2D eigenvalue weighted by atomic mass is 10.1. The molecule has 0 bridgehead atoms.